The van der Waals surface area contributed by atoms with Crippen LogP contribution < -0.4 is 15.5 Å². The topological polar surface area (TPSA) is 121 Å². The Balaban J connectivity index is 1.87. The van der Waals surface area contributed by atoms with Crippen molar-refractivity contribution >= 4 is 33.0 Å². The van der Waals surface area contributed by atoms with E-state index in [1.807, 2.05) is 13.8 Å². The summed E-state index contributed by atoms with van der Waals surface area (Å²) in [6.07, 6.45) is 0. The summed E-state index contributed by atoms with van der Waals surface area (Å²) in [6, 6.07) is 3.67. The van der Waals surface area contributed by atoms with E-state index < -0.39 is 22.0 Å². The molecular formula is C19H26N4O5S2. The molecule has 0 saturated carbocycles. The van der Waals surface area contributed by atoms with Crippen molar-refractivity contribution in [2.75, 3.05) is 18.4 Å². The number of sulfonamides is 1. The number of hydroxylamine groups is 1. The van der Waals surface area contributed by atoms with Gasteiger partial charge in [0.15, 0.2) is 0 Å². The van der Waals surface area contributed by atoms with E-state index >= 15 is 0 Å². The molecule has 0 radical (unpaired) electrons. The van der Waals surface area contributed by atoms with Gasteiger partial charge in [0.05, 0.1) is 11.4 Å². The molecule has 0 spiro atoms. The van der Waals surface area contributed by atoms with Crippen molar-refractivity contribution in [3.05, 3.63) is 33.8 Å². The molecule has 1 atom stereocenters. The molecule has 1 aliphatic rings. The predicted octanol–water partition coefficient (Wildman–Crippen LogP) is 2.29. The lowest BCUT2D eigenvalue weighted by atomic mass is 10.0. The van der Waals surface area contributed by atoms with Crippen molar-refractivity contribution in [2.45, 2.75) is 45.2 Å². The van der Waals surface area contributed by atoms with Gasteiger partial charge in [0.2, 0.25) is 10.0 Å². The third-order valence-electron chi connectivity index (χ3n) is 4.94. The van der Waals surface area contributed by atoms with Crippen molar-refractivity contribution in [1.29, 1.82) is 0 Å². The van der Waals surface area contributed by atoms with E-state index in [9.17, 15) is 13.2 Å². The molecule has 3 rings (SSSR count). The van der Waals surface area contributed by atoms with E-state index in [-0.39, 0.29) is 17.4 Å². The Morgan fingerprint density at radius 1 is 1.40 bits per heavy atom. The molecule has 0 unspecified atom stereocenters. The molecule has 30 heavy (non-hydrogen) atoms. The fourth-order valence-electron chi connectivity index (χ4n) is 3.38. The van der Waals surface area contributed by atoms with Gasteiger partial charge in [-0.3, -0.25) is 10.0 Å². The first-order valence-corrected chi connectivity index (χ1v) is 11.8. The Kier molecular flexibility index (Phi) is 6.65. The van der Waals surface area contributed by atoms with Crippen molar-refractivity contribution in [3.8, 4) is 5.75 Å². The van der Waals surface area contributed by atoms with Crippen molar-refractivity contribution in [3.63, 3.8) is 0 Å². The number of carbonyl (C=O) groups is 1. The van der Waals surface area contributed by atoms with Crippen LogP contribution in [0.3, 0.4) is 0 Å². The van der Waals surface area contributed by atoms with Gasteiger partial charge in [-0.15, -0.1) is 11.3 Å². The van der Waals surface area contributed by atoms with Crippen LogP contribution in [0, 0.1) is 19.8 Å². The molecule has 1 aromatic carbocycles. The highest BCUT2D eigenvalue weighted by Gasteiger charge is 2.40. The number of hydrogen-bond donors (Lipinski definition) is 3. The lowest BCUT2D eigenvalue weighted by Gasteiger charge is -2.30. The number of anilines is 1. The van der Waals surface area contributed by atoms with Crippen LogP contribution in [0.15, 0.2) is 23.1 Å². The SMILES string of the molecule is Cc1nc(COc2ccc3c(c2)NCCN([C@@H](C(=O)NO)C(C)C)S3(=O)=O)sc1C. The van der Waals surface area contributed by atoms with Crippen LogP contribution >= 0.6 is 11.3 Å². The zero-order valence-electron chi connectivity index (χ0n) is 17.3. The number of aromatic nitrogens is 1. The van der Waals surface area contributed by atoms with Crippen molar-refractivity contribution in [2.24, 2.45) is 5.92 Å². The van der Waals surface area contributed by atoms with Gasteiger partial charge >= 0.3 is 0 Å². The highest BCUT2D eigenvalue weighted by Crippen LogP contribution is 2.33. The molecular weight excluding hydrogens is 428 g/mol. The summed E-state index contributed by atoms with van der Waals surface area (Å²) in [6.45, 7) is 8.09. The molecule has 9 nitrogen and oxygen atoms in total. The minimum Gasteiger partial charge on any atom is -0.486 e. The van der Waals surface area contributed by atoms with E-state index in [1.54, 1.807) is 42.8 Å². The summed E-state index contributed by atoms with van der Waals surface area (Å²) in [5.41, 5.74) is 2.97. The molecule has 1 aromatic heterocycles. The molecule has 0 aliphatic carbocycles. The second kappa shape index (κ2) is 8.88. The smallest absolute Gasteiger partial charge is 0.262 e. The van der Waals surface area contributed by atoms with Gasteiger partial charge in [-0.25, -0.2) is 18.9 Å². The van der Waals surface area contributed by atoms with Gasteiger partial charge in [0.1, 0.15) is 28.3 Å². The third-order valence-corrected chi connectivity index (χ3v) is 7.93. The number of benzene rings is 1. The summed E-state index contributed by atoms with van der Waals surface area (Å²) >= 11 is 1.56. The van der Waals surface area contributed by atoms with Gasteiger partial charge in [0, 0.05) is 24.0 Å². The first kappa shape index (κ1) is 22.5. The number of carbonyl (C=O) groups excluding carboxylic acids is 1. The van der Waals surface area contributed by atoms with Crippen LogP contribution in [0.2, 0.25) is 0 Å². The molecule has 11 heteroatoms. The van der Waals surface area contributed by atoms with Crippen LogP contribution in [0.25, 0.3) is 0 Å². The van der Waals surface area contributed by atoms with Gasteiger partial charge in [0.25, 0.3) is 5.91 Å². The quantitative estimate of drug-likeness (QED) is 0.452. The van der Waals surface area contributed by atoms with Gasteiger partial charge in [-0.05, 0) is 31.9 Å². The van der Waals surface area contributed by atoms with E-state index in [0.29, 0.717) is 24.6 Å². The zero-order valence-corrected chi connectivity index (χ0v) is 18.9. The summed E-state index contributed by atoms with van der Waals surface area (Å²) in [5, 5.41) is 13.0. The fraction of sp³-hybridized carbons (Fsp3) is 0.474. The van der Waals surface area contributed by atoms with Crippen LogP contribution in [-0.2, 0) is 21.4 Å². The Hall–Kier alpha value is -2.21. The number of nitrogens with one attached hydrogen (secondary N) is 2. The molecule has 164 valence electrons. The third kappa shape index (κ3) is 4.43. The largest absolute Gasteiger partial charge is 0.486 e. The molecule has 2 aromatic rings. The molecule has 0 saturated heterocycles. The average Bonchev–Trinajstić information content (AvgIpc) is 2.95. The summed E-state index contributed by atoms with van der Waals surface area (Å²) in [7, 11) is -3.97. The van der Waals surface area contributed by atoms with E-state index in [4.69, 9.17) is 9.94 Å². The maximum absolute atomic E-state index is 13.3. The Morgan fingerprint density at radius 2 is 2.13 bits per heavy atom. The van der Waals surface area contributed by atoms with Crippen LogP contribution in [-0.4, -0.2) is 48.0 Å². The second-order valence-electron chi connectivity index (χ2n) is 7.40. The van der Waals surface area contributed by atoms with Crippen molar-refractivity contribution in [1.82, 2.24) is 14.8 Å². The lowest BCUT2D eigenvalue weighted by Crippen LogP contribution is -2.52. The van der Waals surface area contributed by atoms with Gasteiger partial charge < -0.3 is 10.1 Å². The number of nitrogens with zero attached hydrogens (tertiary/aromatic N) is 2. The average molecular weight is 455 g/mol. The van der Waals surface area contributed by atoms with E-state index in [1.165, 1.54) is 6.07 Å². The molecule has 0 bridgehead atoms. The first-order valence-electron chi connectivity index (χ1n) is 9.54. The first-order chi connectivity index (χ1) is 14.1. The van der Waals surface area contributed by atoms with Crippen LogP contribution in [0.5, 0.6) is 5.75 Å². The van der Waals surface area contributed by atoms with Crippen LogP contribution in [0.4, 0.5) is 5.69 Å². The Morgan fingerprint density at radius 3 is 2.73 bits per heavy atom. The summed E-state index contributed by atoms with van der Waals surface area (Å²) < 4.78 is 33.5. The number of fused-ring (bicyclic) bond motifs is 1. The summed E-state index contributed by atoms with van der Waals surface area (Å²) in [4.78, 5) is 17.8. The fourth-order valence-corrected chi connectivity index (χ4v) is 6.09. The number of aryl methyl sites for hydroxylation is 2. The maximum atomic E-state index is 13.3. The molecule has 2 heterocycles. The maximum Gasteiger partial charge on any atom is 0.262 e. The predicted molar refractivity (Wildman–Crippen MR) is 113 cm³/mol. The monoisotopic (exact) mass is 454 g/mol. The number of thiazole rings is 1. The Bertz CT molecular complexity index is 1020. The number of amides is 1. The minimum absolute atomic E-state index is 0.0599. The van der Waals surface area contributed by atoms with E-state index in [0.717, 1.165) is 19.9 Å². The normalized spacial score (nSPS) is 17.0. The standard InChI is InChI=1S/C19H26N4O5S2/c1-11(2)18(19(24)22-25)23-8-7-20-15-9-14(5-6-16(15)30(23,26)27)28-10-17-21-12(3)13(4)29-17/h5-6,9,11,18,20,25H,7-8,10H2,1-4H3,(H,22,24)/t18-/m1/s1. The molecule has 1 aliphatic heterocycles. The van der Waals surface area contributed by atoms with Crippen molar-refractivity contribution < 1.29 is 23.2 Å². The van der Waals surface area contributed by atoms with Gasteiger partial charge in [-0.2, -0.15) is 4.31 Å². The summed E-state index contributed by atoms with van der Waals surface area (Å²) in [5.74, 6) is -0.573. The highest BCUT2D eigenvalue weighted by atomic mass is 32.2. The van der Waals surface area contributed by atoms with E-state index in [2.05, 4.69) is 10.3 Å². The zero-order chi connectivity index (χ0) is 22.1. The molecule has 0 fully saturated rings. The molecule has 3 N–H and O–H groups in total. The lowest BCUT2D eigenvalue weighted by molar-refractivity contribution is -0.134. The minimum atomic E-state index is -3.97. The number of rotatable bonds is 6. The van der Waals surface area contributed by atoms with Crippen LogP contribution in [0.1, 0.15) is 29.4 Å². The van der Waals surface area contributed by atoms with Gasteiger partial charge in [-0.1, -0.05) is 13.8 Å². The highest BCUT2D eigenvalue weighted by molar-refractivity contribution is 7.89. The number of hydrogen-bond acceptors (Lipinski definition) is 8. The molecule has 1 amide bonds. The Labute approximate surface area is 180 Å². The number of ether oxygens (including phenoxy) is 1. The second-order valence-corrected chi connectivity index (χ2v) is 10.6.